The Morgan fingerprint density at radius 2 is 2.04 bits per heavy atom. The smallest absolute Gasteiger partial charge is 0.330 e. The van der Waals surface area contributed by atoms with Crippen LogP contribution in [0.5, 0.6) is 0 Å². The lowest BCUT2D eigenvalue weighted by Crippen LogP contribution is -2.42. The minimum Gasteiger partial charge on any atom is -0.388 e. The SMILES string of the molecule is CC[C@H]1O[C@@H](n2cc(C)c(=O)[nH]c2=O)[C@@H](O[C@H](C)[C@H](C)OC)C1O. The number of methoxy groups -OCH3 is 1. The van der Waals surface area contributed by atoms with E-state index in [2.05, 4.69) is 4.98 Å². The van der Waals surface area contributed by atoms with Gasteiger partial charge in [-0.1, -0.05) is 6.92 Å². The van der Waals surface area contributed by atoms with Gasteiger partial charge in [-0.3, -0.25) is 14.3 Å². The zero-order valence-electron chi connectivity index (χ0n) is 14.7. The highest BCUT2D eigenvalue weighted by Crippen LogP contribution is 2.33. The van der Waals surface area contributed by atoms with Crippen molar-refractivity contribution in [2.24, 2.45) is 0 Å². The first-order chi connectivity index (χ1) is 11.3. The summed E-state index contributed by atoms with van der Waals surface area (Å²) in [7, 11) is 1.58. The molecule has 8 nitrogen and oxygen atoms in total. The molecule has 24 heavy (non-hydrogen) atoms. The highest BCUT2D eigenvalue weighted by Gasteiger charge is 2.46. The summed E-state index contributed by atoms with van der Waals surface area (Å²) < 4.78 is 18.3. The van der Waals surface area contributed by atoms with Crippen LogP contribution in [0.2, 0.25) is 0 Å². The van der Waals surface area contributed by atoms with E-state index < -0.39 is 35.8 Å². The summed E-state index contributed by atoms with van der Waals surface area (Å²) in [5.74, 6) is 0. The molecule has 0 bridgehead atoms. The van der Waals surface area contributed by atoms with Crippen LogP contribution in [0.25, 0.3) is 0 Å². The molecule has 1 aliphatic heterocycles. The molecular weight excluding hydrogens is 316 g/mol. The first-order valence-electron chi connectivity index (χ1n) is 8.14. The van der Waals surface area contributed by atoms with Gasteiger partial charge in [0.1, 0.15) is 12.2 Å². The first-order valence-corrected chi connectivity index (χ1v) is 8.14. The second kappa shape index (κ2) is 7.60. The van der Waals surface area contributed by atoms with Gasteiger partial charge in [0.05, 0.1) is 18.3 Å². The molecule has 1 aromatic rings. The molecule has 1 fully saturated rings. The van der Waals surface area contributed by atoms with Crippen molar-refractivity contribution in [1.29, 1.82) is 0 Å². The molecule has 1 aliphatic rings. The van der Waals surface area contributed by atoms with Gasteiger partial charge in [0, 0.05) is 18.9 Å². The van der Waals surface area contributed by atoms with Crippen LogP contribution in [0.4, 0.5) is 0 Å². The van der Waals surface area contributed by atoms with Crippen molar-refractivity contribution in [3.63, 3.8) is 0 Å². The molecule has 136 valence electrons. The van der Waals surface area contributed by atoms with E-state index in [9.17, 15) is 14.7 Å². The molecule has 2 rings (SSSR count). The third-order valence-corrected chi connectivity index (χ3v) is 4.54. The molecule has 0 saturated carbocycles. The Kier molecular flexibility index (Phi) is 5.97. The highest BCUT2D eigenvalue weighted by atomic mass is 16.6. The lowest BCUT2D eigenvalue weighted by molar-refractivity contribution is -0.129. The van der Waals surface area contributed by atoms with Crippen LogP contribution in [-0.2, 0) is 14.2 Å². The average molecular weight is 342 g/mol. The fraction of sp³-hybridized carbons (Fsp3) is 0.750. The van der Waals surface area contributed by atoms with Crippen molar-refractivity contribution >= 4 is 0 Å². The Morgan fingerprint density at radius 3 is 2.62 bits per heavy atom. The average Bonchev–Trinajstić information content (AvgIpc) is 2.86. The maximum absolute atomic E-state index is 12.2. The van der Waals surface area contributed by atoms with Crippen molar-refractivity contribution < 1.29 is 19.3 Å². The molecule has 0 aliphatic carbocycles. The van der Waals surface area contributed by atoms with E-state index in [4.69, 9.17) is 14.2 Å². The molecule has 2 heterocycles. The summed E-state index contributed by atoms with van der Waals surface area (Å²) in [5.41, 5.74) is -0.661. The molecule has 1 unspecified atom stereocenters. The van der Waals surface area contributed by atoms with Crippen molar-refractivity contribution in [2.75, 3.05) is 7.11 Å². The van der Waals surface area contributed by atoms with Crippen molar-refractivity contribution in [3.05, 3.63) is 32.6 Å². The van der Waals surface area contributed by atoms with Crippen LogP contribution in [0.15, 0.2) is 15.8 Å². The molecule has 1 aromatic heterocycles. The monoisotopic (exact) mass is 342 g/mol. The van der Waals surface area contributed by atoms with Crippen LogP contribution < -0.4 is 11.2 Å². The van der Waals surface area contributed by atoms with Gasteiger partial charge >= 0.3 is 5.69 Å². The third-order valence-electron chi connectivity index (χ3n) is 4.54. The topological polar surface area (TPSA) is 103 Å². The Balaban J connectivity index is 2.36. The van der Waals surface area contributed by atoms with E-state index in [0.717, 1.165) is 0 Å². The molecule has 0 spiro atoms. The van der Waals surface area contributed by atoms with E-state index in [1.807, 2.05) is 20.8 Å². The lowest BCUT2D eigenvalue weighted by Gasteiger charge is -2.28. The van der Waals surface area contributed by atoms with Crippen molar-refractivity contribution in [2.45, 2.75) is 70.9 Å². The van der Waals surface area contributed by atoms with E-state index in [1.165, 1.54) is 10.8 Å². The fourth-order valence-electron chi connectivity index (χ4n) is 2.75. The predicted octanol–water partition coefficient (Wildman–Crippen LogP) is 0.322. The Hall–Kier alpha value is -1.48. The Morgan fingerprint density at radius 1 is 1.38 bits per heavy atom. The molecule has 8 heteroatoms. The second-order valence-corrected chi connectivity index (χ2v) is 6.19. The van der Waals surface area contributed by atoms with Crippen LogP contribution in [0.1, 0.15) is 39.0 Å². The fourth-order valence-corrected chi connectivity index (χ4v) is 2.75. The molecule has 0 amide bonds. The van der Waals surface area contributed by atoms with Crippen LogP contribution in [-0.4, -0.2) is 52.3 Å². The van der Waals surface area contributed by atoms with Gasteiger partial charge < -0.3 is 19.3 Å². The van der Waals surface area contributed by atoms with Gasteiger partial charge in [0.25, 0.3) is 5.56 Å². The van der Waals surface area contributed by atoms with E-state index in [-0.39, 0.29) is 12.2 Å². The Bertz CT molecular complexity index is 669. The second-order valence-electron chi connectivity index (χ2n) is 6.19. The Labute approximate surface area is 140 Å². The minimum absolute atomic E-state index is 0.187. The maximum Gasteiger partial charge on any atom is 0.330 e. The first kappa shape index (κ1) is 18.9. The van der Waals surface area contributed by atoms with Crippen LogP contribution >= 0.6 is 0 Å². The number of nitrogens with one attached hydrogen (secondary N) is 1. The molecule has 1 saturated heterocycles. The normalized spacial score (nSPS) is 29.6. The number of nitrogens with zero attached hydrogens (tertiary/aromatic N) is 1. The summed E-state index contributed by atoms with van der Waals surface area (Å²) in [6.07, 6.45) is -1.40. The van der Waals surface area contributed by atoms with Gasteiger partial charge in [-0.2, -0.15) is 0 Å². The van der Waals surface area contributed by atoms with Gasteiger partial charge in [-0.15, -0.1) is 0 Å². The number of aliphatic hydroxyl groups excluding tert-OH is 1. The molecular formula is C16H26N2O6. The van der Waals surface area contributed by atoms with Gasteiger partial charge in [-0.05, 0) is 27.2 Å². The standard InChI is InChI=1S/C16H26N2O6/c1-6-11-12(19)13(23-10(4)9(3)22-5)15(24-11)18-7-8(2)14(20)17-16(18)21/h7,9-13,15,19H,6H2,1-5H3,(H,17,20,21)/t9-,10+,11+,12?,13-,15+/m0/s1. The zero-order chi connectivity index (χ0) is 18.0. The summed E-state index contributed by atoms with van der Waals surface area (Å²) in [5, 5.41) is 10.5. The van der Waals surface area contributed by atoms with Crippen LogP contribution in [0, 0.1) is 6.92 Å². The van der Waals surface area contributed by atoms with Crippen molar-refractivity contribution in [3.8, 4) is 0 Å². The third kappa shape index (κ3) is 3.61. The minimum atomic E-state index is -0.884. The number of aryl methyl sites for hydroxylation is 1. The molecule has 0 radical (unpaired) electrons. The molecule has 6 atom stereocenters. The number of hydrogen-bond acceptors (Lipinski definition) is 6. The summed E-state index contributed by atoms with van der Waals surface area (Å²) >= 11 is 0. The number of rotatable bonds is 6. The number of aliphatic hydroxyl groups is 1. The largest absolute Gasteiger partial charge is 0.388 e. The number of aromatic amines is 1. The number of aromatic nitrogens is 2. The number of hydrogen-bond donors (Lipinski definition) is 2. The van der Waals surface area contributed by atoms with Gasteiger partial charge in [0.15, 0.2) is 6.23 Å². The van der Waals surface area contributed by atoms with Crippen LogP contribution in [0.3, 0.4) is 0 Å². The lowest BCUT2D eigenvalue weighted by atomic mass is 10.1. The maximum atomic E-state index is 12.2. The van der Waals surface area contributed by atoms with Crippen molar-refractivity contribution in [1.82, 2.24) is 9.55 Å². The quantitative estimate of drug-likeness (QED) is 0.772. The van der Waals surface area contributed by atoms with E-state index >= 15 is 0 Å². The van der Waals surface area contributed by atoms with Gasteiger partial charge in [-0.25, -0.2) is 4.79 Å². The zero-order valence-corrected chi connectivity index (χ0v) is 14.7. The summed E-state index contributed by atoms with van der Waals surface area (Å²) in [6.45, 7) is 7.17. The number of H-pyrrole nitrogens is 1. The molecule has 2 N–H and O–H groups in total. The number of ether oxygens (including phenoxy) is 3. The van der Waals surface area contributed by atoms with Gasteiger partial charge in [0.2, 0.25) is 0 Å². The molecule has 0 aromatic carbocycles. The predicted molar refractivity (Wildman–Crippen MR) is 87.1 cm³/mol. The van der Waals surface area contributed by atoms with E-state index in [0.29, 0.717) is 12.0 Å². The van der Waals surface area contributed by atoms with E-state index in [1.54, 1.807) is 14.0 Å². The summed E-state index contributed by atoms with van der Waals surface area (Å²) in [6, 6.07) is 0. The highest BCUT2D eigenvalue weighted by molar-refractivity contribution is 5.03. The summed E-state index contributed by atoms with van der Waals surface area (Å²) in [4.78, 5) is 26.0.